The summed E-state index contributed by atoms with van der Waals surface area (Å²) in [6, 6.07) is 13.9. The molecule has 2 unspecified atom stereocenters. The maximum absolute atomic E-state index is 11.5. The van der Waals surface area contributed by atoms with Gasteiger partial charge in [-0.1, -0.05) is 41.4 Å². The molecule has 138 valence electrons. The smallest absolute Gasteiger partial charge is 0.307 e. The third-order valence-electron chi connectivity index (χ3n) is 5.05. The van der Waals surface area contributed by atoms with Crippen LogP contribution < -0.4 is 4.74 Å². The summed E-state index contributed by atoms with van der Waals surface area (Å²) in [5, 5.41) is 10.1. The first kappa shape index (κ1) is 18.7. The number of nitrogens with zero attached hydrogens (tertiary/aromatic N) is 1. The largest absolute Gasteiger partial charge is 0.496 e. The van der Waals surface area contributed by atoms with Gasteiger partial charge in [0.1, 0.15) is 5.75 Å². The molecular formula is C21H24ClNO3. The predicted octanol–water partition coefficient (Wildman–Crippen LogP) is 4.54. The van der Waals surface area contributed by atoms with E-state index >= 15 is 0 Å². The highest BCUT2D eigenvalue weighted by Gasteiger charge is 2.32. The summed E-state index contributed by atoms with van der Waals surface area (Å²) in [6.45, 7) is 3.42. The van der Waals surface area contributed by atoms with Crippen LogP contribution in [0.1, 0.15) is 35.6 Å². The Balaban J connectivity index is 2.06. The average Bonchev–Trinajstić information content (AvgIpc) is 2.64. The van der Waals surface area contributed by atoms with Gasteiger partial charge in [0.05, 0.1) is 19.1 Å². The van der Waals surface area contributed by atoms with Gasteiger partial charge in [-0.05, 0) is 50.1 Å². The highest BCUT2D eigenvalue weighted by atomic mass is 35.5. The highest BCUT2D eigenvalue weighted by Crippen LogP contribution is 2.38. The van der Waals surface area contributed by atoms with E-state index in [-0.39, 0.29) is 12.0 Å². The van der Waals surface area contributed by atoms with Crippen LogP contribution >= 0.6 is 11.6 Å². The molecule has 0 spiro atoms. The quantitative estimate of drug-likeness (QED) is 0.835. The molecule has 1 N–H and O–H groups in total. The zero-order chi connectivity index (χ0) is 18.7. The van der Waals surface area contributed by atoms with Crippen LogP contribution in [-0.4, -0.2) is 36.2 Å². The first-order valence-corrected chi connectivity index (χ1v) is 9.24. The lowest BCUT2D eigenvalue weighted by atomic mass is 9.90. The van der Waals surface area contributed by atoms with Gasteiger partial charge in [0, 0.05) is 17.1 Å². The lowest BCUT2D eigenvalue weighted by Crippen LogP contribution is -2.41. The molecule has 0 aromatic heterocycles. The number of carbonyl (C=O) groups is 1. The molecule has 26 heavy (non-hydrogen) atoms. The van der Waals surface area contributed by atoms with Crippen molar-refractivity contribution in [3.63, 3.8) is 0 Å². The number of benzene rings is 2. The standard InChI is InChI=1S/C21H24ClNO3/c1-14-5-7-15(8-6-14)20(18-12-17(22)9-10-19(18)26-2)23-11-3-4-16(13-23)21(24)25/h5-10,12,16,20H,3-4,11,13H2,1-2H3,(H,24,25). The van der Waals surface area contributed by atoms with Crippen LogP contribution in [-0.2, 0) is 4.79 Å². The number of piperidine rings is 1. The summed E-state index contributed by atoms with van der Waals surface area (Å²) in [7, 11) is 1.65. The predicted molar refractivity (Wildman–Crippen MR) is 103 cm³/mol. The molecule has 2 aromatic carbocycles. The number of hydrogen-bond donors (Lipinski definition) is 1. The number of likely N-dealkylation sites (tertiary alicyclic amines) is 1. The molecule has 0 amide bonds. The van der Waals surface area contributed by atoms with Crippen LogP contribution in [0.2, 0.25) is 5.02 Å². The Morgan fingerprint density at radius 1 is 1.27 bits per heavy atom. The van der Waals surface area contributed by atoms with Gasteiger partial charge in [-0.15, -0.1) is 0 Å². The van der Waals surface area contributed by atoms with Crippen molar-refractivity contribution in [2.45, 2.75) is 25.8 Å². The van der Waals surface area contributed by atoms with E-state index in [0.29, 0.717) is 11.6 Å². The fourth-order valence-electron chi connectivity index (χ4n) is 3.70. The number of halogens is 1. The highest BCUT2D eigenvalue weighted by molar-refractivity contribution is 6.30. The van der Waals surface area contributed by atoms with Crippen molar-refractivity contribution < 1.29 is 14.6 Å². The maximum atomic E-state index is 11.5. The van der Waals surface area contributed by atoms with Crippen molar-refractivity contribution in [2.75, 3.05) is 20.2 Å². The Labute approximate surface area is 159 Å². The van der Waals surface area contributed by atoms with Crippen molar-refractivity contribution in [3.05, 3.63) is 64.2 Å². The average molecular weight is 374 g/mol. The Morgan fingerprint density at radius 3 is 2.65 bits per heavy atom. The second-order valence-electron chi connectivity index (χ2n) is 6.87. The normalized spacial score (nSPS) is 19.1. The van der Waals surface area contributed by atoms with E-state index in [1.807, 2.05) is 18.2 Å². The minimum Gasteiger partial charge on any atom is -0.496 e. The van der Waals surface area contributed by atoms with Gasteiger partial charge in [-0.2, -0.15) is 0 Å². The molecule has 0 aliphatic carbocycles. The molecule has 4 nitrogen and oxygen atoms in total. The van der Waals surface area contributed by atoms with Gasteiger partial charge in [-0.25, -0.2) is 0 Å². The van der Waals surface area contributed by atoms with Crippen LogP contribution in [0.25, 0.3) is 0 Å². The van der Waals surface area contributed by atoms with Gasteiger partial charge in [0.2, 0.25) is 0 Å². The topological polar surface area (TPSA) is 49.8 Å². The zero-order valence-electron chi connectivity index (χ0n) is 15.1. The lowest BCUT2D eigenvalue weighted by Gasteiger charge is -2.38. The fraction of sp³-hybridized carbons (Fsp3) is 0.381. The number of ether oxygens (including phenoxy) is 1. The molecule has 1 heterocycles. The van der Waals surface area contributed by atoms with Gasteiger partial charge >= 0.3 is 5.97 Å². The molecule has 2 atom stereocenters. The summed E-state index contributed by atoms with van der Waals surface area (Å²) in [5.41, 5.74) is 3.27. The zero-order valence-corrected chi connectivity index (χ0v) is 15.9. The number of rotatable bonds is 5. The minimum atomic E-state index is -0.726. The van der Waals surface area contributed by atoms with E-state index in [2.05, 4.69) is 36.1 Å². The Hall–Kier alpha value is -2.04. The number of carboxylic acid groups (broad SMARTS) is 1. The minimum absolute atomic E-state index is 0.0913. The van der Waals surface area contributed by atoms with Crippen molar-refractivity contribution >= 4 is 17.6 Å². The molecule has 5 heteroatoms. The lowest BCUT2D eigenvalue weighted by molar-refractivity contribution is -0.143. The summed E-state index contributed by atoms with van der Waals surface area (Å²) >= 11 is 6.28. The molecule has 2 aromatic rings. The Bertz CT molecular complexity index is 775. The summed E-state index contributed by atoms with van der Waals surface area (Å²) in [4.78, 5) is 13.8. The van der Waals surface area contributed by atoms with Crippen LogP contribution in [0.5, 0.6) is 5.75 Å². The third-order valence-corrected chi connectivity index (χ3v) is 5.28. The molecule has 0 bridgehead atoms. The molecule has 1 aliphatic heterocycles. The van der Waals surface area contributed by atoms with Crippen molar-refractivity contribution in [3.8, 4) is 5.75 Å². The molecule has 0 saturated carbocycles. The van der Waals surface area contributed by atoms with E-state index in [4.69, 9.17) is 16.3 Å². The SMILES string of the molecule is COc1ccc(Cl)cc1C(c1ccc(C)cc1)N1CCCC(C(=O)O)C1. The van der Waals surface area contributed by atoms with Crippen LogP contribution in [0.3, 0.4) is 0 Å². The summed E-state index contributed by atoms with van der Waals surface area (Å²) in [5.74, 6) is -0.310. The number of hydrogen-bond acceptors (Lipinski definition) is 3. The fourth-order valence-corrected chi connectivity index (χ4v) is 3.88. The van der Waals surface area contributed by atoms with Crippen molar-refractivity contribution in [1.82, 2.24) is 4.90 Å². The second kappa shape index (κ2) is 8.11. The second-order valence-corrected chi connectivity index (χ2v) is 7.31. The van der Waals surface area contributed by atoms with Gasteiger partial charge < -0.3 is 9.84 Å². The molecule has 1 aliphatic rings. The van der Waals surface area contributed by atoms with Crippen LogP contribution in [0, 0.1) is 12.8 Å². The van der Waals surface area contributed by atoms with E-state index < -0.39 is 5.97 Å². The monoisotopic (exact) mass is 373 g/mol. The van der Waals surface area contributed by atoms with E-state index in [9.17, 15) is 9.90 Å². The summed E-state index contributed by atoms with van der Waals surface area (Å²) in [6.07, 6.45) is 1.58. The van der Waals surface area contributed by atoms with Gasteiger partial charge in [0.15, 0.2) is 0 Å². The molecular weight excluding hydrogens is 350 g/mol. The first-order chi connectivity index (χ1) is 12.5. The Kier molecular flexibility index (Phi) is 5.84. The molecule has 3 rings (SSSR count). The maximum Gasteiger partial charge on any atom is 0.307 e. The van der Waals surface area contributed by atoms with E-state index in [0.717, 1.165) is 36.3 Å². The first-order valence-electron chi connectivity index (χ1n) is 8.86. The number of methoxy groups -OCH3 is 1. The molecule has 0 radical (unpaired) electrons. The third kappa shape index (κ3) is 4.02. The van der Waals surface area contributed by atoms with Crippen molar-refractivity contribution in [1.29, 1.82) is 0 Å². The number of carboxylic acids is 1. The number of aryl methyl sites for hydroxylation is 1. The van der Waals surface area contributed by atoms with E-state index in [1.54, 1.807) is 7.11 Å². The Morgan fingerprint density at radius 2 is 2.00 bits per heavy atom. The van der Waals surface area contributed by atoms with Gasteiger partial charge in [-0.3, -0.25) is 9.69 Å². The number of aliphatic carboxylic acids is 1. The van der Waals surface area contributed by atoms with Crippen LogP contribution in [0.15, 0.2) is 42.5 Å². The summed E-state index contributed by atoms with van der Waals surface area (Å²) < 4.78 is 5.59. The van der Waals surface area contributed by atoms with Gasteiger partial charge in [0.25, 0.3) is 0 Å². The molecule has 1 fully saturated rings. The molecule has 1 saturated heterocycles. The van der Waals surface area contributed by atoms with Crippen LogP contribution in [0.4, 0.5) is 0 Å². The van der Waals surface area contributed by atoms with Crippen molar-refractivity contribution in [2.24, 2.45) is 5.92 Å². The van der Waals surface area contributed by atoms with E-state index in [1.165, 1.54) is 5.56 Å².